The van der Waals surface area contributed by atoms with Crippen LogP contribution in [0, 0.1) is 0 Å². The first-order valence-corrected chi connectivity index (χ1v) is 11.2. The number of hydrogen-bond acceptors (Lipinski definition) is 7. The van der Waals surface area contributed by atoms with Gasteiger partial charge in [-0.05, 0) is 42.8 Å². The van der Waals surface area contributed by atoms with Crippen LogP contribution >= 0.6 is 11.8 Å². The number of hydrogen-bond donors (Lipinski definition) is 1. The maximum absolute atomic E-state index is 12.4. The van der Waals surface area contributed by atoms with Crippen LogP contribution in [0.25, 0.3) is 11.4 Å². The number of methoxy groups -OCH3 is 1. The van der Waals surface area contributed by atoms with E-state index in [2.05, 4.69) is 15.5 Å². The molecule has 3 rings (SSSR count). The van der Waals surface area contributed by atoms with E-state index in [1.807, 2.05) is 42.8 Å². The zero-order valence-electron chi connectivity index (χ0n) is 18.3. The molecule has 1 N–H and O–H groups in total. The van der Waals surface area contributed by atoms with Crippen molar-refractivity contribution in [2.24, 2.45) is 7.05 Å². The van der Waals surface area contributed by atoms with E-state index in [9.17, 15) is 9.59 Å². The maximum atomic E-state index is 12.4. The van der Waals surface area contributed by atoms with Crippen molar-refractivity contribution in [1.29, 1.82) is 0 Å². The summed E-state index contributed by atoms with van der Waals surface area (Å²) in [5.74, 6) is 1.05. The van der Waals surface area contributed by atoms with Crippen molar-refractivity contribution < 1.29 is 19.1 Å². The van der Waals surface area contributed by atoms with Gasteiger partial charge in [-0.2, -0.15) is 0 Å². The van der Waals surface area contributed by atoms with Crippen LogP contribution < -0.4 is 10.1 Å². The number of esters is 1. The number of thioether (sulfide) groups is 1. The number of rotatable bonds is 10. The van der Waals surface area contributed by atoms with Crippen LogP contribution in [0.15, 0.2) is 53.7 Å². The summed E-state index contributed by atoms with van der Waals surface area (Å²) in [5, 5.41) is 11.9. The molecule has 0 saturated carbocycles. The second-order valence-electron chi connectivity index (χ2n) is 7.00. The molecule has 0 spiro atoms. The Kier molecular flexibility index (Phi) is 8.27. The summed E-state index contributed by atoms with van der Waals surface area (Å²) >= 11 is 1.29. The molecule has 168 valence electrons. The quantitative estimate of drug-likeness (QED) is 0.279. The lowest BCUT2D eigenvalue weighted by molar-refractivity contribution is -0.113. The molecule has 1 heterocycles. The van der Waals surface area contributed by atoms with E-state index in [0.717, 1.165) is 24.2 Å². The molecule has 1 aromatic heterocycles. The number of nitrogens with zero attached hydrogens (tertiary/aromatic N) is 3. The van der Waals surface area contributed by atoms with Gasteiger partial charge in [-0.15, -0.1) is 10.2 Å². The first-order valence-electron chi connectivity index (χ1n) is 10.3. The van der Waals surface area contributed by atoms with Crippen molar-refractivity contribution in [3.63, 3.8) is 0 Å². The van der Waals surface area contributed by atoms with Gasteiger partial charge < -0.3 is 19.4 Å². The lowest BCUT2D eigenvalue weighted by atomic mass is 10.2. The van der Waals surface area contributed by atoms with Crippen LogP contribution in [0.4, 0.5) is 5.69 Å². The molecule has 0 aliphatic carbocycles. The third-order valence-electron chi connectivity index (χ3n) is 4.63. The minimum Gasteiger partial charge on any atom is -0.497 e. The minimum atomic E-state index is -0.360. The third-order valence-corrected chi connectivity index (χ3v) is 5.65. The number of aromatic nitrogens is 3. The summed E-state index contributed by atoms with van der Waals surface area (Å²) in [5.41, 5.74) is 1.94. The Labute approximate surface area is 191 Å². The first kappa shape index (κ1) is 23.3. The Hall–Kier alpha value is -3.33. The van der Waals surface area contributed by atoms with Gasteiger partial charge in [-0.1, -0.05) is 37.2 Å². The lowest BCUT2D eigenvalue weighted by Crippen LogP contribution is -2.14. The normalized spacial score (nSPS) is 10.6. The van der Waals surface area contributed by atoms with Gasteiger partial charge >= 0.3 is 5.97 Å². The van der Waals surface area contributed by atoms with E-state index in [4.69, 9.17) is 9.47 Å². The molecule has 9 heteroatoms. The minimum absolute atomic E-state index is 0.172. The number of benzene rings is 2. The zero-order chi connectivity index (χ0) is 22.9. The predicted molar refractivity (Wildman–Crippen MR) is 124 cm³/mol. The summed E-state index contributed by atoms with van der Waals surface area (Å²) < 4.78 is 12.3. The summed E-state index contributed by atoms with van der Waals surface area (Å²) in [6.07, 6.45) is 1.80. The molecule has 0 aliphatic heterocycles. The van der Waals surface area contributed by atoms with E-state index in [0.29, 0.717) is 28.8 Å². The number of anilines is 1. The van der Waals surface area contributed by atoms with Crippen LogP contribution in [0.2, 0.25) is 0 Å². The molecule has 0 fully saturated rings. The predicted octanol–water partition coefficient (Wildman–Crippen LogP) is 4.18. The highest BCUT2D eigenvalue weighted by atomic mass is 32.2. The van der Waals surface area contributed by atoms with E-state index in [1.54, 1.807) is 31.4 Å². The molecule has 32 heavy (non-hydrogen) atoms. The van der Waals surface area contributed by atoms with Gasteiger partial charge in [-0.25, -0.2) is 4.79 Å². The highest BCUT2D eigenvalue weighted by Gasteiger charge is 2.14. The van der Waals surface area contributed by atoms with E-state index < -0.39 is 0 Å². The van der Waals surface area contributed by atoms with E-state index in [1.165, 1.54) is 11.8 Å². The fourth-order valence-corrected chi connectivity index (χ4v) is 3.57. The van der Waals surface area contributed by atoms with Crippen molar-refractivity contribution in [1.82, 2.24) is 14.8 Å². The standard InChI is InChI=1S/C23H26N4O4S/c1-4-5-13-31-22(29)16-9-11-18(12-10-16)24-20(28)15-32-23-26-25-21(27(23)2)17-7-6-8-19(14-17)30-3/h6-12,14H,4-5,13,15H2,1-3H3,(H,24,28). The molecular formula is C23H26N4O4S. The van der Waals surface area contributed by atoms with Crippen molar-refractivity contribution in [2.75, 3.05) is 24.8 Å². The second-order valence-corrected chi connectivity index (χ2v) is 7.94. The third kappa shape index (κ3) is 6.10. The topological polar surface area (TPSA) is 95.3 Å². The molecule has 0 saturated heterocycles. The SMILES string of the molecule is CCCCOC(=O)c1ccc(NC(=O)CSc2nnc(-c3cccc(OC)c3)n2C)cc1. The Morgan fingerprint density at radius 3 is 2.62 bits per heavy atom. The molecule has 0 bridgehead atoms. The van der Waals surface area contributed by atoms with Crippen molar-refractivity contribution in [3.05, 3.63) is 54.1 Å². The van der Waals surface area contributed by atoms with Crippen LogP contribution in [0.1, 0.15) is 30.1 Å². The second kappa shape index (κ2) is 11.3. The summed E-state index contributed by atoms with van der Waals surface area (Å²) in [6.45, 7) is 2.44. The molecule has 0 atom stereocenters. The van der Waals surface area contributed by atoms with Crippen LogP contribution in [0.5, 0.6) is 5.75 Å². The Bertz CT molecular complexity index is 1070. The molecule has 3 aromatic rings. The van der Waals surface area contributed by atoms with Gasteiger partial charge in [0.05, 0.1) is 25.0 Å². The van der Waals surface area contributed by atoms with Crippen LogP contribution in [-0.4, -0.2) is 46.1 Å². The highest BCUT2D eigenvalue weighted by molar-refractivity contribution is 7.99. The van der Waals surface area contributed by atoms with Crippen LogP contribution in [0.3, 0.4) is 0 Å². The van der Waals surface area contributed by atoms with Crippen molar-refractivity contribution in [3.8, 4) is 17.1 Å². The number of carbonyl (C=O) groups is 2. The average Bonchev–Trinajstić information content (AvgIpc) is 3.18. The molecular weight excluding hydrogens is 428 g/mol. The van der Waals surface area contributed by atoms with Crippen molar-refractivity contribution >= 4 is 29.3 Å². The summed E-state index contributed by atoms with van der Waals surface area (Å²) in [7, 11) is 3.47. The van der Waals surface area contributed by atoms with E-state index >= 15 is 0 Å². The van der Waals surface area contributed by atoms with Gasteiger partial charge in [0, 0.05) is 18.3 Å². The van der Waals surface area contributed by atoms with E-state index in [-0.39, 0.29) is 17.6 Å². The van der Waals surface area contributed by atoms with Gasteiger partial charge in [0.25, 0.3) is 0 Å². The number of amides is 1. The summed E-state index contributed by atoms with van der Waals surface area (Å²) in [6, 6.07) is 14.2. The smallest absolute Gasteiger partial charge is 0.338 e. The maximum Gasteiger partial charge on any atom is 0.338 e. The number of nitrogens with one attached hydrogen (secondary N) is 1. The zero-order valence-corrected chi connectivity index (χ0v) is 19.1. The van der Waals surface area contributed by atoms with Gasteiger partial charge in [0.2, 0.25) is 5.91 Å². The summed E-state index contributed by atoms with van der Waals surface area (Å²) in [4.78, 5) is 24.3. The monoisotopic (exact) mass is 454 g/mol. The van der Waals surface area contributed by atoms with Crippen molar-refractivity contribution in [2.45, 2.75) is 24.9 Å². The molecule has 0 unspecified atom stereocenters. The molecule has 1 amide bonds. The molecule has 0 aliphatic rings. The Morgan fingerprint density at radius 1 is 1.12 bits per heavy atom. The van der Waals surface area contributed by atoms with Gasteiger partial charge in [-0.3, -0.25) is 4.79 Å². The molecule has 0 radical (unpaired) electrons. The fraction of sp³-hybridized carbons (Fsp3) is 0.304. The number of carbonyl (C=O) groups excluding carboxylic acids is 2. The average molecular weight is 455 g/mol. The van der Waals surface area contributed by atoms with Gasteiger partial charge in [0.15, 0.2) is 11.0 Å². The number of ether oxygens (including phenoxy) is 2. The molecule has 8 nitrogen and oxygen atoms in total. The highest BCUT2D eigenvalue weighted by Crippen LogP contribution is 2.25. The Morgan fingerprint density at radius 2 is 1.91 bits per heavy atom. The number of unbranched alkanes of at least 4 members (excludes halogenated alkanes) is 1. The first-order chi connectivity index (χ1) is 15.5. The lowest BCUT2D eigenvalue weighted by Gasteiger charge is -2.07. The van der Waals surface area contributed by atoms with Gasteiger partial charge in [0.1, 0.15) is 5.75 Å². The molecule has 2 aromatic carbocycles. The largest absolute Gasteiger partial charge is 0.497 e. The Balaban J connectivity index is 1.54. The fourth-order valence-electron chi connectivity index (χ4n) is 2.86. The van der Waals surface area contributed by atoms with Crippen LogP contribution in [-0.2, 0) is 16.6 Å².